The van der Waals surface area contributed by atoms with E-state index >= 15 is 0 Å². The van der Waals surface area contributed by atoms with Crippen LogP contribution in [-0.2, 0) is 9.31 Å². The van der Waals surface area contributed by atoms with Crippen LogP contribution in [0.3, 0.4) is 0 Å². The van der Waals surface area contributed by atoms with Gasteiger partial charge in [0.05, 0.1) is 13.2 Å². The van der Waals surface area contributed by atoms with E-state index in [-0.39, 0.29) is 7.12 Å². The van der Waals surface area contributed by atoms with E-state index in [0.717, 1.165) is 5.46 Å². The minimum Gasteiger partial charge on any atom is -0.405 e. The first-order valence-corrected chi connectivity index (χ1v) is 11.5. The summed E-state index contributed by atoms with van der Waals surface area (Å²) in [5, 5.41) is 9.79. The van der Waals surface area contributed by atoms with Crippen LogP contribution in [0.1, 0.15) is 0 Å². The van der Waals surface area contributed by atoms with Crippen LogP contribution in [0.15, 0.2) is 103 Å². The third kappa shape index (κ3) is 2.97. The Morgan fingerprint density at radius 2 is 0.909 bits per heavy atom. The SMILES string of the molecule is c1ccc(-c2c3cc4ccccc4cc3c(B3OCCO3)c3cc4ccccc4cc23)cc1. The topological polar surface area (TPSA) is 18.5 Å². The second-order valence-corrected chi connectivity index (χ2v) is 8.72. The van der Waals surface area contributed by atoms with Crippen molar-refractivity contribution in [3.8, 4) is 11.1 Å². The van der Waals surface area contributed by atoms with Crippen LogP contribution in [0, 0.1) is 0 Å². The van der Waals surface area contributed by atoms with Crippen molar-refractivity contribution in [1.29, 1.82) is 0 Å². The van der Waals surface area contributed by atoms with Gasteiger partial charge in [-0.15, -0.1) is 0 Å². The molecule has 0 aliphatic carbocycles. The van der Waals surface area contributed by atoms with Gasteiger partial charge in [-0.25, -0.2) is 0 Å². The number of fused-ring (bicyclic) bond motifs is 4. The fourth-order valence-electron chi connectivity index (χ4n) is 5.32. The van der Waals surface area contributed by atoms with Crippen molar-refractivity contribution in [2.75, 3.05) is 13.2 Å². The molecule has 6 aromatic rings. The normalized spacial score (nSPS) is 14.1. The summed E-state index contributed by atoms with van der Waals surface area (Å²) in [6, 6.07) is 37.2. The molecular formula is C30H21BO2. The van der Waals surface area contributed by atoms with Gasteiger partial charge in [0.25, 0.3) is 0 Å². The summed E-state index contributed by atoms with van der Waals surface area (Å²) in [5.41, 5.74) is 3.62. The largest absolute Gasteiger partial charge is 0.495 e. The molecule has 7 rings (SSSR count). The molecule has 0 amide bonds. The molecule has 156 valence electrons. The first-order chi connectivity index (χ1) is 16.4. The van der Waals surface area contributed by atoms with Crippen LogP contribution in [0.5, 0.6) is 0 Å². The van der Waals surface area contributed by atoms with Crippen molar-refractivity contribution < 1.29 is 9.31 Å². The van der Waals surface area contributed by atoms with Crippen molar-refractivity contribution >= 4 is 55.7 Å². The van der Waals surface area contributed by atoms with Gasteiger partial charge >= 0.3 is 7.12 Å². The Bertz CT molecular complexity index is 1570. The van der Waals surface area contributed by atoms with Crippen molar-refractivity contribution in [3.63, 3.8) is 0 Å². The van der Waals surface area contributed by atoms with Crippen molar-refractivity contribution in [2.24, 2.45) is 0 Å². The molecule has 0 aromatic heterocycles. The highest BCUT2D eigenvalue weighted by Crippen LogP contribution is 2.39. The summed E-state index contributed by atoms with van der Waals surface area (Å²) >= 11 is 0. The van der Waals surface area contributed by atoms with Gasteiger partial charge in [-0.3, -0.25) is 0 Å². The van der Waals surface area contributed by atoms with Crippen LogP contribution in [0.4, 0.5) is 0 Å². The van der Waals surface area contributed by atoms with E-state index in [4.69, 9.17) is 9.31 Å². The zero-order chi connectivity index (χ0) is 21.8. The lowest BCUT2D eigenvalue weighted by atomic mass is 9.71. The average Bonchev–Trinajstić information content (AvgIpc) is 3.40. The Kier molecular flexibility index (Phi) is 4.26. The average molecular weight is 424 g/mol. The van der Waals surface area contributed by atoms with Crippen LogP contribution in [0.2, 0.25) is 0 Å². The maximum Gasteiger partial charge on any atom is 0.495 e. The molecule has 0 bridgehead atoms. The van der Waals surface area contributed by atoms with Gasteiger partial charge in [-0.2, -0.15) is 0 Å². The standard InChI is InChI=1S/C30H21BO2/c1-2-8-20(9-3-1)29-25-16-21-10-4-6-12-23(21)18-27(25)30(31-32-14-15-33-31)28-19-24-13-7-5-11-22(24)17-26(28)29/h1-13,16-19H,14-15H2. The molecule has 1 heterocycles. The predicted octanol–water partition coefficient (Wildman–Crippen LogP) is 6.71. The second-order valence-electron chi connectivity index (χ2n) is 8.72. The number of rotatable bonds is 2. The van der Waals surface area contributed by atoms with Gasteiger partial charge in [0.1, 0.15) is 0 Å². The molecular weight excluding hydrogens is 403 g/mol. The third-order valence-electron chi connectivity index (χ3n) is 6.81. The van der Waals surface area contributed by atoms with Crippen molar-refractivity contribution in [3.05, 3.63) is 103 Å². The fourth-order valence-corrected chi connectivity index (χ4v) is 5.32. The predicted molar refractivity (Wildman–Crippen MR) is 139 cm³/mol. The van der Waals surface area contributed by atoms with E-state index < -0.39 is 0 Å². The molecule has 33 heavy (non-hydrogen) atoms. The molecule has 0 saturated carbocycles. The number of benzene rings is 6. The van der Waals surface area contributed by atoms with E-state index in [2.05, 4.69) is 103 Å². The lowest BCUT2D eigenvalue weighted by molar-refractivity contribution is 0.365. The Morgan fingerprint density at radius 3 is 1.39 bits per heavy atom. The summed E-state index contributed by atoms with van der Waals surface area (Å²) < 4.78 is 12.2. The highest BCUT2D eigenvalue weighted by atomic mass is 16.6. The summed E-state index contributed by atoms with van der Waals surface area (Å²) in [7, 11) is -0.359. The lowest BCUT2D eigenvalue weighted by Crippen LogP contribution is -2.33. The zero-order valence-electron chi connectivity index (χ0n) is 18.1. The van der Waals surface area contributed by atoms with E-state index in [1.165, 1.54) is 54.2 Å². The molecule has 0 unspecified atom stereocenters. The monoisotopic (exact) mass is 424 g/mol. The van der Waals surface area contributed by atoms with Gasteiger partial charge in [0.15, 0.2) is 0 Å². The molecule has 0 spiro atoms. The van der Waals surface area contributed by atoms with Gasteiger partial charge in [0, 0.05) is 0 Å². The fraction of sp³-hybridized carbons (Fsp3) is 0.0667. The molecule has 1 fully saturated rings. The van der Waals surface area contributed by atoms with Crippen LogP contribution in [0.25, 0.3) is 54.2 Å². The maximum atomic E-state index is 6.10. The Balaban J connectivity index is 1.75. The Hall–Kier alpha value is -3.66. The number of hydrogen-bond acceptors (Lipinski definition) is 2. The van der Waals surface area contributed by atoms with E-state index in [9.17, 15) is 0 Å². The molecule has 3 heteroatoms. The van der Waals surface area contributed by atoms with Gasteiger partial charge < -0.3 is 9.31 Å². The molecule has 0 N–H and O–H groups in total. The highest BCUT2D eigenvalue weighted by Gasteiger charge is 2.31. The minimum atomic E-state index is -0.359. The van der Waals surface area contributed by atoms with E-state index in [1.54, 1.807) is 0 Å². The van der Waals surface area contributed by atoms with Crippen LogP contribution >= 0.6 is 0 Å². The van der Waals surface area contributed by atoms with E-state index in [1.807, 2.05) is 0 Å². The third-order valence-corrected chi connectivity index (χ3v) is 6.81. The van der Waals surface area contributed by atoms with Crippen LogP contribution in [-0.4, -0.2) is 20.3 Å². The first-order valence-electron chi connectivity index (χ1n) is 11.5. The summed E-state index contributed by atoms with van der Waals surface area (Å²) in [5.74, 6) is 0. The maximum absolute atomic E-state index is 6.10. The minimum absolute atomic E-state index is 0.359. The quantitative estimate of drug-likeness (QED) is 0.227. The zero-order valence-corrected chi connectivity index (χ0v) is 18.1. The highest BCUT2D eigenvalue weighted by molar-refractivity contribution is 6.68. The lowest BCUT2D eigenvalue weighted by Gasteiger charge is -2.20. The Morgan fingerprint density at radius 1 is 0.485 bits per heavy atom. The Labute approximate surface area is 192 Å². The molecule has 0 atom stereocenters. The van der Waals surface area contributed by atoms with Gasteiger partial charge in [0.2, 0.25) is 0 Å². The summed E-state index contributed by atoms with van der Waals surface area (Å²) in [6.45, 7) is 1.24. The summed E-state index contributed by atoms with van der Waals surface area (Å²) in [6.07, 6.45) is 0. The smallest absolute Gasteiger partial charge is 0.405 e. The first kappa shape index (κ1) is 18.9. The molecule has 1 aliphatic heterocycles. The summed E-state index contributed by atoms with van der Waals surface area (Å²) in [4.78, 5) is 0. The van der Waals surface area contributed by atoms with Gasteiger partial charge in [-0.05, 0) is 83.9 Å². The van der Waals surface area contributed by atoms with Gasteiger partial charge in [-0.1, -0.05) is 78.9 Å². The molecule has 2 nitrogen and oxygen atoms in total. The van der Waals surface area contributed by atoms with E-state index in [0.29, 0.717) is 13.2 Å². The molecule has 1 aliphatic rings. The molecule has 0 radical (unpaired) electrons. The van der Waals surface area contributed by atoms with Crippen molar-refractivity contribution in [2.45, 2.75) is 0 Å². The molecule has 6 aromatic carbocycles. The molecule has 1 saturated heterocycles. The second kappa shape index (κ2) is 7.45. The van der Waals surface area contributed by atoms with Crippen molar-refractivity contribution in [1.82, 2.24) is 0 Å². The van der Waals surface area contributed by atoms with Crippen LogP contribution < -0.4 is 5.46 Å². The number of hydrogen-bond donors (Lipinski definition) is 0.